The maximum absolute atomic E-state index is 14.0. The molecule has 0 spiro atoms. The fraction of sp³-hybridized carbons (Fsp3) is 0.731. The summed E-state index contributed by atoms with van der Waals surface area (Å²) in [5, 5.41) is 8.94. The Balaban J connectivity index is 1.50. The van der Waals surface area contributed by atoms with Crippen LogP contribution in [-0.2, 0) is 0 Å². The second kappa shape index (κ2) is 9.91. The van der Waals surface area contributed by atoms with E-state index in [4.69, 9.17) is 5.26 Å². The number of hydrogen-bond acceptors (Lipinski definition) is 1. The SMILES string of the molecule is CCCC1CCC(C(C)C2CCC(C(C)c3ccc(C#N)c(F)c3)CC2)CC1. The van der Waals surface area contributed by atoms with Crippen molar-refractivity contribution in [2.45, 2.75) is 90.9 Å². The molecule has 0 aromatic heterocycles. The molecule has 0 radical (unpaired) electrons. The summed E-state index contributed by atoms with van der Waals surface area (Å²) in [6, 6.07) is 7.11. The monoisotopic (exact) mass is 383 g/mol. The number of nitriles is 1. The van der Waals surface area contributed by atoms with Crippen molar-refractivity contribution in [2.24, 2.45) is 29.6 Å². The van der Waals surface area contributed by atoms with Crippen molar-refractivity contribution >= 4 is 0 Å². The third kappa shape index (κ3) is 4.97. The smallest absolute Gasteiger partial charge is 0.141 e. The van der Waals surface area contributed by atoms with Gasteiger partial charge in [-0.2, -0.15) is 5.26 Å². The van der Waals surface area contributed by atoms with E-state index in [9.17, 15) is 4.39 Å². The second-order valence-corrected chi connectivity index (χ2v) is 9.74. The normalized spacial score (nSPS) is 30.4. The van der Waals surface area contributed by atoms with E-state index in [1.54, 1.807) is 12.1 Å². The van der Waals surface area contributed by atoms with Gasteiger partial charge in [-0.25, -0.2) is 4.39 Å². The summed E-state index contributed by atoms with van der Waals surface area (Å²) in [6.07, 6.45) is 13.8. The lowest BCUT2D eigenvalue weighted by Crippen LogP contribution is -2.29. The van der Waals surface area contributed by atoms with Gasteiger partial charge >= 0.3 is 0 Å². The molecule has 2 unspecified atom stereocenters. The van der Waals surface area contributed by atoms with E-state index < -0.39 is 0 Å². The molecule has 2 aliphatic rings. The van der Waals surface area contributed by atoms with E-state index >= 15 is 0 Å². The summed E-state index contributed by atoms with van der Waals surface area (Å²) in [4.78, 5) is 0. The number of nitrogens with zero attached hydrogens (tertiary/aromatic N) is 1. The maximum atomic E-state index is 14.0. The summed E-state index contributed by atoms with van der Waals surface area (Å²) in [7, 11) is 0. The Morgan fingerprint density at radius 3 is 2.07 bits per heavy atom. The lowest BCUT2D eigenvalue weighted by atomic mass is 9.65. The lowest BCUT2D eigenvalue weighted by Gasteiger charge is -2.40. The second-order valence-electron chi connectivity index (χ2n) is 9.74. The average Bonchev–Trinajstić information content (AvgIpc) is 2.73. The van der Waals surface area contributed by atoms with Crippen LogP contribution in [0.3, 0.4) is 0 Å². The molecule has 28 heavy (non-hydrogen) atoms. The average molecular weight is 384 g/mol. The molecule has 0 heterocycles. The predicted molar refractivity (Wildman–Crippen MR) is 114 cm³/mol. The Bertz CT molecular complexity index is 660. The molecule has 1 aromatic rings. The van der Waals surface area contributed by atoms with Gasteiger partial charge < -0.3 is 0 Å². The lowest BCUT2D eigenvalue weighted by molar-refractivity contribution is 0.118. The van der Waals surface area contributed by atoms with Gasteiger partial charge in [0.1, 0.15) is 11.9 Å². The summed E-state index contributed by atoms with van der Waals surface area (Å²) in [5.74, 6) is 4.35. The van der Waals surface area contributed by atoms with Gasteiger partial charge in [-0.15, -0.1) is 0 Å². The van der Waals surface area contributed by atoms with Crippen LogP contribution in [0.2, 0.25) is 0 Å². The van der Waals surface area contributed by atoms with Gasteiger partial charge in [-0.05, 0) is 91.7 Å². The van der Waals surface area contributed by atoms with Crippen molar-refractivity contribution in [3.05, 3.63) is 35.1 Å². The summed E-state index contributed by atoms with van der Waals surface area (Å²) in [5.41, 5.74) is 1.21. The third-order valence-electron chi connectivity index (χ3n) is 8.24. The maximum Gasteiger partial charge on any atom is 0.141 e. The number of hydrogen-bond donors (Lipinski definition) is 0. The Hall–Kier alpha value is -1.36. The molecule has 3 rings (SSSR count). The number of halogens is 1. The molecule has 2 saturated carbocycles. The Kier molecular flexibility index (Phi) is 7.55. The highest BCUT2D eigenvalue weighted by atomic mass is 19.1. The molecular formula is C26H38FN. The van der Waals surface area contributed by atoms with Crippen molar-refractivity contribution in [2.75, 3.05) is 0 Å². The van der Waals surface area contributed by atoms with Crippen LogP contribution in [0.5, 0.6) is 0 Å². The molecule has 154 valence electrons. The Morgan fingerprint density at radius 1 is 0.964 bits per heavy atom. The van der Waals surface area contributed by atoms with E-state index in [2.05, 4.69) is 20.8 Å². The first kappa shape index (κ1) is 21.4. The van der Waals surface area contributed by atoms with Crippen molar-refractivity contribution in [1.29, 1.82) is 5.26 Å². The topological polar surface area (TPSA) is 23.8 Å². The van der Waals surface area contributed by atoms with Crippen LogP contribution >= 0.6 is 0 Å². The molecule has 0 bridgehead atoms. The quantitative estimate of drug-likeness (QED) is 0.490. The van der Waals surface area contributed by atoms with Gasteiger partial charge in [0, 0.05) is 0 Å². The molecule has 1 aromatic carbocycles. The van der Waals surface area contributed by atoms with Crippen molar-refractivity contribution < 1.29 is 4.39 Å². The van der Waals surface area contributed by atoms with Crippen LogP contribution in [-0.4, -0.2) is 0 Å². The number of benzene rings is 1. The molecule has 0 N–H and O–H groups in total. The van der Waals surface area contributed by atoms with Crippen molar-refractivity contribution in [1.82, 2.24) is 0 Å². The first-order valence-electron chi connectivity index (χ1n) is 11.7. The molecule has 0 aliphatic heterocycles. The zero-order valence-electron chi connectivity index (χ0n) is 18.1. The minimum atomic E-state index is -0.368. The van der Waals surface area contributed by atoms with Crippen molar-refractivity contribution in [3.8, 4) is 6.07 Å². The van der Waals surface area contributed by atoms with Gasteiger partial charge in [-0.1, -0.05) is 52.5 Å². The number of rotatable bonds is 6. The van der Waals surface area contributed by atoms with E-state index in [1.165, 1.54) is 64.2 Å². The van der Waals surface area contributed by atoms with E-state index in [-0.39, 0.29) is 11.4 Å². The molecule has 2 aliphatic carbocycles. The fourth-order valence-electron chi connectivity index (χ4n) is 6.14. The molecule has 2 atom stereocenters. The highest BCUT2D eigenvalue weighted by Crippen LogP contribution is 2.45. The van der Waals surface area contributed by atoms with Crippen LogP contribution in [0.1, 0.15) is 102 Å². The van der Waals surface area contributed by atoms with Crippen LogP contribution in [0, 0.1) is 46.7 Å². The molecule has 2 fully saturated rings. The third-order valence-corrected chi connectivity index (χ3v) is 8.24. The molecule has 2 heteroatoms. The highest BCUT2D eigenvalue weighted by molar-refractivity contribution is 5.34. The predicted octanol–water partition coefficient (Wildman–Crippen LogP) is 7.85. The van der Waals surface area contributed by atoms with Crippen LogP contribution in [0.25, 0.3) is 0 Å². The van der Waals surface area contributed by atoms with Crippen LogP contribution in [0.4, 0.5) is 4.39 Å². The first-order chi connectivity index (χ1) is 13.5. The largest absolute Gasteiger partial charge is 0.206 e. The van der Waals surface area contributed by atoms with Gasteiger partial charge in [0.15, 0.2) is 0 Å². The zero-order chi connectivity index (χ0) is 20.1. The van der Waals surface area contributed by atoms with Gasteiger partial charge in [0.2, 0.25) is 0 Å². The van der Waals surface area contributed by atoms with Gasteiger partial charge in [0.05, 0.1) is 5.56 Å². The molecular weight excluding hydrogens is 345 g/mol. The standard InChI is InChI=1S/C26H38FN/c1-4-5-20-6-8-21(9-7-20)18(2)22-10-12-23(13-11-22)19(3)24-14-15-25(17-28)26(27)16-24/h14-16,18-23H,4-13H2,1-3H3. The van der Waals surface area contributed by atoms with E-state index in [0.29, 0.717) is 11.8 Å². The Morgan fingerprint density at radius 2 is 1.54 bits per heavy atom. The molecule has 1 nitrogen and oxygen atoms in total. The van der Waals surface area contributed by atoms with Crippen molar-refractivity contribution in [3.63, 3.8) is 0 Å². The Labute approximate surface area is 171 Å². The van der Waals surface area contributed by atoms with Gasteiger partial charge in [-0.3, -0.25) is 0 Å². The molecule has 0 amide bonds. The minimum Gasteiger partial charge on any atom is -0.206 e. The minimum absolute atomic E-state index is 0.155. The first-order valence-corrected chi connectivity index (χ1v) is 11.7. The fourth-order valence-corrected chi connectivity index (χ4v) is 6.14. The van der Waals surface area contributed by atoms with E-state index in [1.807, 2.05) is 12.1 Å². The molecule has 0 saturated heterocycles. The van der Waals surface area contributed by atoms with Crippen LogP contribution < -0.4 is 0 Å². The highest BCUT2D eigenvalue weighted by Gasteiger charge is 2.33. The van der Waals surface area contributed by atoms with E-state index in [0.717, 1.165) is 29.2 Å². The van der Waals surface area contributed by atoms with Gasteiger partial charge in [0.25, 0.3) is 0 Å². The summed E-state index contributed by atoms with van der Waals surface area (Å²) < 4.78 is 14.0. The van der Waals surface area contributed by atoms with Crippen LogP contribution in [0.15, 0.2) is 18.2 Å². The summed E-state index contributed by atoms with van der Waals surface area (Å²) >= 11 is 0. The zero-order valence-corrected chi connectivity index (χ0v) is 18.1. The summed E-state index contributed by atoms with van der Waals surface area (Å²) in [6.45, 7) is 7.08.